The van der Waals surface area contributed by atoms with Crippen molar-refractivity contribution in [3.63, 3.8) is 0 Å². The molecule has 1 heterocycles. The third-order valence-electron chi connectivity index (χ3n) is 13.1. The Labute approximate surface area is 367 Å². The van der Waals surface area contributed by atoms with Crippen LogP contribution in [0.3, 0.4) is 0 Å². The fourth-order valence-corrected chi connectivity index (χ4v) is 9.09. The highest BCUT2D eigenvalue weighted by Crippen LogP contribution is 2.19. The van der Waals surface area contributed by atoms with Gasteiger partial charge in [0.25, 0.3) is 0 Å². The van der Waals surface area contributed by atoms with Gasteiger partial charge in [0.2, 0.25) is 0 Å². The summed E-state index contributed by atoms with van der Waals surface area (Å²) in [6.45, 7) is 8.68. The highest BCUT2D eigenvalue weighted by molar-refractivity contribution is 5.12. The van der Waals surface area contributed by atoms with Crippen LogP contribution in [0.15, 0.2) is 6.07 Å². The van der Waals surface area contributed by atoms with Gasteiger partial charge in [0, 0.05) is 17.8 Å². The minimum Gasteiger partial charge on any atom is -0.238 e. The van der Waals surface area contributed by atoms with Crippen LogP contribution >= 0.6 is 0 Å². The summed E-state index contributed by atoms with van der Waals surface area (Å²) in [6.07, 6.45) is 68.8. The first kappa shape index (κ1) is 55.1. The van der Waals surface area contributed by atoms with E-state index in [4.69, 9.17) is 9.97 Å². The molecule has 0 aliphatic heterocycles. The molecule has 0 aliphatic rings. The molecule has 0 spiro atoms. The number of unbranched alkanes of at least 4 members (excludes halogenated alkanes) is 43. The predicted molar refractivity (Wildman–Crippen MR) is 262 cm³/mol. The van der Waals surface area contributed by atoms with Gasteiger partial charge in [-0.2, -0.15) is 0 Å². The molecule has 2 nitrogen and oxygen atoms in total. The molecule has 2 heteroatoms. The van der Waals surface area contributed by atoms with Gasteiger partial charge < -0.3 is 0 Å². The van der Waals surface area contributed by atoms with Crippen LogP contribution in [0.1, 0.15) is 326 Å². The second-order valence-electron chi connectivity index (χ2n) is 19.1. The number of rotatable bonds is 49. The van der Waals surface area contributed by atoms with Gasteiger partial charge in [-0.05, 0) is 38.2 Å². The Hall–Kier alpha value is -0.920. The van der Waals surface area contributed by atoms with Crippen molar-refractivity contribution in [3.8, 4) is 0 Å². The summed E-state index contributed by atoms with van der Waals surface area (Å²) in [5, 5.41) is 0. The quantitative estimate of drug-likeness (QED) is 0.0613. The molecule has 0 atom stereocenters. The van der Waals surface area contributed by atoms with Crippen molar-refractivity contribution in [2.24, 2.45) is 0 Å². The first-order chi connectivity index (χ1) is 28.8. The largest absolute Gasteiger partial charge is 0.238 e. The number of nitrogens with zero attached hydrogens (tertiary/aromatic N) is 2. The van der Waals surface area contributed by atoms with Crippen molar-refractivity contribution in [1.29, 1.82) is 0 Å². The molecule has 0 saturated heterocycles. The van der Waals surface area contributed by atoms with E-state index in [1.165, 1.54) is 294 Å². The molecule has 0 amide bonds. The average molecular weight is 808 g/mol. The smallest absolute Gasteiger partial charge is 0.128 e. The summed E-state index contributed by atoms with van der Waals surface area (Å²) in [5.41, 5.74) is 2.60. The van der Waals surface area contributed by atoms with Crippen molar-refractivity contribution >= 4 is 0 Å². The molecule has 1 radical (unpaired) electrons. The molecular weight excluding hydrogens is 701 g/mol. The molecule has 0 unspecified atom stereocenters. The van der Waals surface area contributed by atoms with Gasteiger partial charge in [0.1, 0.15) is 5.82 Å². The predicted octanol–water partition coefficient (Wildman–Crippen LogP) is 19.9. The minimum absolute atomic E-state index is 0.974. The summed E-state index contributed by atoms with van der Waals surface area (Å²) in [5.74, 6) is 1.08. The Morgan fingerprint density at radius 1 is 0.276 bits per heavy atom. The molecule has 0 N–H and O–H groups in total. The van der Waals surface area contributed by atoms with Crippen LogP contribution in [-0.2, 0) is 19.3 Å². The van der Waals surface area contributed by atoms with Gasteiger partial charge in [-0.1, -0.05) is 297 Å². The van der Waals surface area contributed by atoms with Crippen molar-refractivity contribution in [2.45, 2.75) is 328 Å². The number of aromatic nitrogens is 2. The molecule has 0 saturated carbocycles. The van der Waals surface area contributed by atoms with Crippen LogP contribution in [0, 0.1) is 6.92 Å². The molecule has 58 heavy (non-hydrogen) atoms. The highest BCUT2D eigenvalue weighted by Gasteiger charge is 2.06. The van der Waals surface area contributed by atoms with Crippen molar-refractivity contribution in [3.05, 3.63) is 30.2 Å². The van der Waals surface area contributed by atoms with Crippen LogP contribution in [0.5, 0.6) is 0 Å². The van der Waals surface area contributed by atoms with E-state index in [1.54, 1.807) is 0 Å². The monoisotopic (exact) mass is 808 g/mol. The molecule has 0 aliphatic carbocycles. The third-order valence-corrected chi connectivity index (χ3v) is 13.1. The van der Waals surface area contributed by atoms with Gasteiger partial charge in [-0.3, -0.25) is 0 Å². The minimum atomic E-state index is 0.974. The lowest BCUT2D eigenvalue weighted by atomic mass is 10.0. The van der Waals surface area contributed by atoms with E-state index >= 15 is 0 Å². The summed E-state index contributed by atoms with van der Waals surface area (Å²) in [6, 6.07) is 2.35. The van der Waals surface area contributed by atoms with Crippen molar-refractivity contribution in [2.75, 3.05) is 0 Å². The molecule has 1 aromatic rings. The van der Waals surface area contributed by atoms with Crippen LogP contribution in [0.4, 0.5) is 0 Å². The van der Waals surface area contributed by atoms with E-state index in [9.17, 15) is 0 Å². The van der Waals surface area contributed by atoms with Gasteiger partial charge in [0.15, 0.2) is 0 Å². The first-order valence-electron chi connectivity index (χ1n) is 27.4. The lowest BCUT2D eigenvalue weighted by Crippen LogP contribution is -2.04. The van der Waals surface area contributed by atoms with E-state index in [-0.39, 0.29) is 0 Å². The Balaban J connectivity index is 1.96. The fourth-order valence-electron chi connectivity index (χ4n) is 9.09. The maximum Gasteiger partial charge on any atom is 0.128 e. The summed E-state index contributed by atoms with van der Waals surface area (Å²) in [4.78, 5) is 9.99. The Bertz CT molecular complexity index is 844. The van der Waals surface area contributed by atoms with E-state index in [1.807, 2.05) is 0 Å². The maximum absolute atomic E-state index is 5.00. The molecule has 1 rings (SSSR count). The number of aryl methyl sites for hydroxylation is 3. The van der Waals surface area contributed by atoms with E-state index in [2.05, 4.69) is 26.8 Å². The van der Waals surface area contributed by atoms with Crippen molar-refractivity contribution in [1.82, 2.24) is 9.97 Å². The zero-order chi connectivity index (χ0) is 41.5. The van der Waals surface area contributed by atoms with Gasteiger partial charge >= 0.3 is 0 Å². The average Bonchev–Trinajstić information content (AvgIpc) is 3.23. The normalized spacial score (nSPS) is 11.6. The first-order valence-corrected chi connectivity index (χ1v) is 27.4. The molecule has 0 aromatic carbocycles. The van der Waals surface area contributed by atoms with E-state index in [0.29, 0.717) is 0 Å². The van der Waals surface area contributed by atoms with E-state index in [0.717, 1.165) is 37.9 Å². The Morgan fingerprint density at radius 2 is 0.483 bits per heavy atom. The molecule has 0 bridgehead atoms. The lowest BCUT2D eigenvalue weighted by Gasteiger charge is -2.09. The molecule has 1 aromatic heterocycles. The summed E-state index contributed by atoms with van der Waals surface area (Å²) in [7, 11) is 0. The van der Waals surface area contributed by atoms with Gasteiger partial charge in [-0.25, -0.2) is 9.97 Å². The Kier molecular flexibility index (Phi) is 44.8. The summed E-state index contributed by atoms with van der Waals surface area (Å²) < 4.78 is 0. The van der Waals surface area contributed by atoms with Gasteiger partial charge in [0.05, 0.1) is 0 Å². The highest BCUT2D eigenvalue weighted by atomic mass is 14.9. The van der Waals surface area contributed by atoms with Crippen LogP contribution in [-0.4, -0.2) is 9.97 Å². The second-order valence-corrected chi connectivity index (χ2v) is 19.1. The number of hydrogen-bond donors (Lipinski definition) is 0. The molecule has 0 fully saturated rings. The van der Waals surface area contributed by atoms with Crippen LogP contribution < -0.4 is 0 Å². The molecular formula is C56H107N2. The fraction of sp³-hybridized carbons (Fsp3) is 0.911. The maximum atomic E-state index is 5.00. The summed E-state index contributed by atoms with van der Waals surface area (Å²) >= 11 is 0. The van der Waals surface area contributed by atoms with Crippen molar-refractivity contribution < 1.29 is 0 Å². The van der Waals surface area contributed by atoms with Crippen LogP contribution in [0.25, 0.3) is 0 Å². The second kappa shape index (κ2) is 47.1. The lowest BCUT2D eigenvalue weighted by molar-refractivity contribution is 0.518. The standard InChI is InChI=1S/C56H107N2/c1-4-7-10-12-14-16-18-20-22-24-26-28-30-32-34-36-38-40-42-44-46-48-50-54-53-55(58-56(57-54)52-9-6-3)51-49-47-45-43-41-39-37-35-33-31-29-27-25-23-21-19-17-15-13-11-8-5-2/h53H,3-52H2,1-2H3. The Morgan fingerprint density at radius 3 is 0.690 bits per heavy atom. The van der Waals surface area contributed by atoms with Crippen LogP contribution in [0.2, 0.25) is 0 Å². The van der Waals surface area contributed by atoms with Gasteiger partial charge in [-0.15, -0.1) is 0 Å². The zero-order valence-electron chi connectivity index (χ0n) is 40.3. The number of hydrogen-bond acceptors (Lipinski definition) is 2. The third kappa shape index (κ3) is 40.5. The topological polar surface area (TPSA) is 25.8 Å². The molecule has 341 valence electrons. The zero-order valence-corrected chi connectivity index (χ0v) is 40.3. The SMILES string of the molecule is [CH2]CCCc1nc(CCCCCCCCCCCCCCCCCCCCCCCC)cc(CCCCCCCCCCCCCCCCCCCCCCCC)n1. The van der Waals surface area contributed by atoms with E-state index < -0.39 is 0 Å².